The van der Waals surface area contributed by atoms with Crippen LogP contribution in [0, 0.1) is 25.3 Å². The standard InChI is InChI=1S/C17H19O3.Y/c1-10-6-5-7-12(11(10)2)15(19)14-13(18)8-9-17(3,4)16(14)20;/h5,7,19H,8-9H2,1-4H3;/q-1;/b15-14+;. The molecule has 0 atom stereocenters. The van der Waals surface area contributed by atoms with Crippen molar-refractivity contribution in [3.05, 3.63) is 40.5 Å². The van der Waals surface area contributed by atoms with Crippen molar-refractivity contribution in [1.82, 2.24) is 0 Å². The summed E-state index contributed by atoms with van der Waals surface area (Å²) in [5, 5.41) is 10.4. The molecule has 1 N–H and O–H groups in total. The number of aliphatic hydroxyl groups is 1. The number of Topliss-reactive ketones (excluding diaryl/α,β-unsaturated/α-hetero) is 2. The molecule has 1 aromatic rings. The van der Waals surface area contributed by atoms with Crippen molar-refractivity contribution in [2.75, 3.05) is 0 Å². The predicted octanol–water partition coefficient (Wildman–Crippen LogP) is 3.33. The van der Waals surface area contributed by atoms with E-state index in [1.165, 1.54) is 0 Å². The Bertz CT molecular complexity index is 627. The molecule has 3 nitrogen and oxygen atoms in total. The number of aryl methyl sites for hydroxylation is 1. The Morgan fingerprint density at radius 2 is 1.90 bits per heavy atom. The number of hydrogen-bond acceptors (Lipinski definition) is 3. The normalized spacial score (nSPS) is 20.0. The molecular formula is C17H19O3Y-. The van der Waals surface area contributed by atoms with Crippen molar-refractivity contribution < 1.29 is 47.4 Å². The minimum absolute atomic E-state index is 0. The van der Waals surface area contributed by atoms with Crippen molar-refractivity contribution in [3.63, 3.8) is 0 Å². The van der Waals surface area contributed by atoms with E-state index in [9.17, 15) is 14.7 Å². The zero-order valence-electron chi connectivity index (χ0n) is 12.9. The predicted molar refractivity (Wildman–Crippen MR) is 77.3 cm³/mol. The van der Waals surface area contributed by atoms with Gasteiger partial charge in [0.1, 0.15) is 11.3 Å². The van der Waals surface area contributed by atoms with Gasteiger partial charge in [-0.15, -0.1) is 5.56 Å². The van der Waals surface area contributed by atoms with Crippen LogP contribution < -0.4 is 0 Å². The fourth-order valence-corrected chi connectivity index (χ4v) is 2.45. The molecule has 1 saturated carbocycles. The summed E-state index contributed by atoms with van der Waals surface area (Å²) in [5.74, 6) is -0.727. The Kier molecular flexibility index (Phi) is 5.68. The van der Waals surface area contributed by atoms with E-state index in [-0.39, 0.29) is 55.6 Å². The van der Waals surface area contributed by atoms with Crippen molar-refractivity contribution >= 4 is 17.3 Å². The van der Waals surface area contributed by atoms with E-state index in [4.69, 9.17) is 0 Å². The Morgan fingerprint density at radius 3 is 2.52 bits per heavy atom. The monoisotopic (exact) mass is 360 g/mol. The third kappa shape index (κ3) is 3.35. The number of ketones is 2. The molecule has 0 aliphatic heterocycles. The first kappa shape index (κ1) is 18.3. The summed E-state index contributed by atoms with van der Waals surface area (Å²) >= 11 is 0. The maximum Gasteiger partial charge on any atom is 0.175 e. The summed E-state index contributed by atoms with van der Waals surface area (Å²) in [7, 11) is 0. The third-order valence-corrected chi connectivity index (χ3v) is 4.11. The van der Waals surface area contributed by atoms with Gasteiger partial charge in [0.15, 0.2) is 11.6 Å². The molecule has 1 aliphatic rings. The van der Waals surface area contributed by atoms with Gasteiger partial charge in [0.2, 0.25) is 0 Å². The van der Waals surface area contributed by atoms with Crippen molar-refractivity contribution in [1.29, 1.82) is 0 Å². The second-order valence-electron chi connectivity index (χ2n) is 6.00. The van der Waals surface area contributed by atoms with Gasteiger partial charge in [0.25, 0.3) is 0 Å². The molecule has 1 radical (unpaired) electrons. The molecule has 0 heterocycles. The molecule has 0 unspecified atom stereocenters. The first-order valence-corrected chi connectivity index (χ1v) is 6.75. The largest absolute Gasteiger partial charge is 0.509 e. The van der Waals surface area contributed by atoms with E-state index in [2.05, 4.69) is 6.07 Å². The SMILES string of the molecule is Cc1[c-]ccc(/C(O)=C2/C(=O)CCC(C)(C)C2=O)c1C.[Y]. The Labute approximate surface area is 150 Å². The van der Waals surface area contributed by atoms with Gasteiger partial charge in [0.05, 0.1) is 0 Å². The average Bonchev–Trinajstić information content (AvgIpc) is 2.38. The quantitative estimate of drug-likeness (QED) is 0.362. The van der Waals surface area contributed by atoms with E-state index in [1.54, 1.807) is 12.1 Å². The van der Waals surface area contributed by atoms with Crippen LogP contribution in [0.25, 0.3) is 5.76 Å². The van der Waals surface area contributed by atoms with Crippen LogP contribution in [0.2, 0.25) is 0 Å². The first-order valence-electron chi connectivity index (χ1n) is 6.75. The molecule has 21 heavy (non-hydrogen) atoms. The number of carbonyl (C=O) groups is 2. The molecule has 0 bridgehead atoms. The fourth-order valence-electron chi connectivity index (χ4n) is 2.45. The Morgan fingerprint density at radius 1 is 1.29 bits per heavy atom. The van der Waals surface area contributed by atoms with Gasteiger partial charge in [0, 0.05) is 44.5 Å². The van der Waals surface area contributed by atoms with Crippen LogP contribution in [-0.2, 0) is 42.3 Å². The fraction of sp³-hybridized carbons (Fsp3) is 0.412. The molecule has 1 fully saturated rings. The zero-order chi connectivity index (χ0) is 15.1. The van der Waals surface area contributed by atoms with Crippen LogP contribution >= 0.6 is 0 Å². The molecule has 4 heteroatoms. The number of carbonyl (C=O) groups excluding carboxylic acids is 2. The van der Waals surface area contributed by atoms with Gasteiger partial charge in [-0.1, -0.05) is 33.3 Å². The molecule has 0 aromatic heterocycles. The van der Waals surface area contributed by atoms with Crippen LogP contribution in [0.1, 0.15) is 43.4 Å². The van der Waals surface area contributed by atoms with Crippen molar-refractivity contribution in [3.8, 4) is 0 Å². The summed E-state index contributed by atoms with van der Waals surface area (Å²) in [4.78, 5) is 24.5. The molecule has 2 rings (SSSR count). The van der Waals surface area contributed by atoms with E-state index in [0.717, 1.165) is 11.1 Å². The van der Waals surface area contributed by atoms with Crippen LogP contribution in [0.4, 0.5) is 0 Å². The van der Waals surface area contributed by atoms with Gasteiger partial charge in [-0.25, -0.2) is 0 Å². The number of allylic oxidation sites excluding steroid dienone is 1. The van der Waals surface area contributed by atoms with E-state index < -0.39 is 5.41 Å². The van der Waals surface area contributed by atoms with Crippen LogP contribution in [0.5, 0.6) is 0 Å². The molecule has 1 aromatic carbocycles. The van der Waals surface area contributed by atoms with E-state index >= 15 is 0 Å². The van der Waals surface area contributed by atoms with E-state index in [0.29, 0.717) is 18.4 Å². The molecule has 0 spiro atoms. The topological polar surface area (TPSA) is 54.4 Å². The van der Waals surface area contributed by atoms with Crippen molar-refractivity contribution in [2.24, 2.45) is 5.41 Å². The number of benzene rings is 1. The van der Waals surface area contributed by atoms with Gasteiger partial charge in [-0.05, 0) is 6.42 Å². The smallest absolute Gasteiger partial charge is 0.175 e. The molecule has 0 amide bonds. The summed E-state index contributed by atoms with van der Waals surface area (Å²) in [6, 6.07) is 6.41. The summed E-state index contributed by atoms with van der Waals surface area (Å²) in [5.41, 5.74) is 1.62. The number of rotatable bonds is 1. The van der Waals surface area contributed by atoms with Crippen molar-refractivity contribution in [2.45, 2.75) is 40.5 Å². The van der Waals surface area contributed by atoms with Gasteiger partial charge in [-0.2, -0.15) is 23.8 Å². The molecular weight excluding hydrogens is 341 g/mol. The average molecular weight is 360 g/mol. The maximum absolute atomic E-state index is 12.4. The van der Waals surface area contributed by atoms with Crippen LogP contribution in [0.15, 0.2) is 17.7 Å². The minimum Gasteiger partial charge on any atom is -0.509 e. The van der Waals surface area contributed by atoms with Gasteiger partial charge >= 0.3 is 0 Å². The second kappa shape index (κ2) is 6.54. The van der Waals surface area contributed by atoms with Gasteiger partial charge < -0.3 is 5.11 Å². The molecule has 0 saturated heterocycles. The number of hydrogen-bond donors (Lipinski definition) is 1. The Balaban J connectivity index is 0.00000220. The van der Waals surface area contributed by atoms with E-state index in [1.807, 2.05) is 27.7 Å². The van der Waals surface area contributed by atoms with Crippen LogP contribution in [-0.4, -0.2) is 16.7 Å². The van der Waals surface area contributed by atoms with Crippen LogP contribution in [0.3, 0.4) is 0 Å². The summed E-state index contributed by atoms with van der Waals surface area (Å²) in [6.45, 7) is 7.35. The zero-order valence-corrected chi connectivity index (χ0v) is 15.7. The van der Waals surface area contributed by atoms with Gasteiger partial charge in [-0.3, -0.25) is 9.59 Å². The second-order valence-corrected chi connectivity index (χ2v) is 6.00. The number of aliphatic hydroxyl groups excluding tert-OH is 1. The third-order valence-electron chi connectivity index (χ3n) is 4.11. The Hall–Kier alpha value is -0.796. The molecule has 109 valence electrons. The summed E-state index contributed by atoms with van der Waals surface area (Å²) < 4.78 is 0. The summed E-state index contributed by atoms with van der Waals surface area (Å²) in [6.07, 6.45) is 0.831. The molecule has 1 aliphatic carbocycles. The maximum atomic E-state index is 12.4. The minimum atomic E-state index is -0.596. The first-order chi connectivity index (χ1) is 9.25.